The number of likely N-dealkylation sites (N-methyl/N-ethyl adjacent to an activating group) is 1. The predicted molar refractivity (Wildman–Crippen MR) is 66.6 cm³/mol. The van der Waals surface area contributed by atoms with Crippen LogP contribution in [0.25, 0.3) is 0 Å². The zero-order valence-electron chi connectivity index (χ0n) is 9.98. The van der Waals surface area contributed by atoms with Gasteiger partial charge in [0.25, 0.3) is 0 Å². The van der Waals surface area contributed by atoms with Gasteiger partial charge < -0.3 is 14.4 Å². The molecule has 0 radical (unpaired) electrons. The largest absolute Gasteiger partial charge is 0.492 e. The number of halogens is 1. The molecule has 1 rings (SSSR count). The zero-order valence-corrected chi connectivity index (χ0v) is 10.7. The van der Waals surface area contributed by atoms with Crippen molar-refractivity contribution in [2.45, 2.75) is 6.92 Å². The molecule has 94 valence electrons. The molecule has 0 aromatic heterocycles. The van der Waals surface area contributed by atoms with Gasteiger partial charge in [0, 0.05) is 12.1 Å². The van der Waals surface area contributed by atoms with E-state index in [2.05, 4.69) is 0 Å². The van der Waals surface area contributed by atoms with E-state index in [1.54, 1.807) is 38.2 Å². The molecule has 0 saturated carbocycles. The molecule has 1 aromatic rings. The Morgan fingerprint density at radius 1 is 1.35 bits per heavy atom. The topological polar surface area (TPSA) is 38.8 Å². The summed E-state index contributed by atoms with van der Waals surface area (Å²) in [4.78, 5) is 12.7. The van der Waals surface area contributed by atoms with Crippen LogP contribution in [0.5, 0.6) is 5.75 Å². The average molecular weight is 258 g/mol. The van der Waals surface area contributed by atoms with Gasteiger partial charge in [0.15, 0.2) is 0 Å². The van der Waals surface area contributed by atoms with Crippen LogP contribution in [0.1, 0.15) is 6.92 Å². The minimum absolute atomic E-state index is 0.341. The van der Waals surface area contributed by atoms with Gasteiger partial charge in [-0.1, -0.05) is 11.6 Å². The van der Waals surface area contributed by atoms with Crippen LogP contribution in [0.4, 0.5) is 4.79 Å². The van der Waals surface area contributed by atoms with Crippen LogP contribution in [0, 0.1) is 0 Å². The molecule has 0 aliphatic carbocycles. The van der Waals surface area contributed by atoms with Gasteiger partial charge in [0.05, 0.1) is 13.2 Å². The monoisotopic (exact) mass is 257 g/mol. The fourth-order valence-corrected chi connectivity index (χ4v) is 1.28. The van der Waals surface area contributed by atoms with E-state index in [9.17, 15) is 4.79 Å². The molecular formula is C12H16ClNO3. The van der Waals surface area contributed by atoms with E-state index in [0.717, 1.165) is 5.75 Å². The molecule has 1 aromatic carbocycles. The Morgan fingerprint density at radius 2 is 2.00 bits per heavy atom. The molecule has 0 atom stereocenters. The quantitative estimate of drug-likeness (QED) is 0.814. The lowest BCUT2D eigenvalue weighted by Crippen LogP contribution is -2.31. The standard InChI is InChI=1S/C12H16ClNO3/c1-3-16-12(15)14(2)8-9-17-11-6-4-10(13)5-7-11/h4-7H,3,8-9H2,1-2H3. The summed E-state index contributed by atoms with van der Waals surface area (Å²) in [5, 5.41) is 0.668. The van der Waals surface area contributed by atoms with E-state index in [1.165, 1.54) is 4.90 Å². The van der Waals surface area contributed by atoms with Gasteiger partial charge in [-0.3, -0.25) is 0 Å². The van der Waals surface area contributed by atoms with E-state index < -0.39 is 0 Å². The Kier molecular flexibility index (Phi) is 5.63. The average Bonchev–Trinajstić information content (AvgIpc) is 2.32. The molecule has 0 N–H and O–H groups in total. The van der Waals surface area contributed by atoms with Gasteiger partial charge in [-0.15, -0.1) is 0 Å². The zero-order chi connectivity index (χ0) is 12.7. The predicted octanol–water partition coefficient (Wildman–Crippen LogP) is 2.81. The Balaban J connectivity index is 2.27. The van der Waals surface area contributed by atoms with Crippen molar-refractivity contribution in [2.24, 2.45) is 0 Å². The SMILES string of the molecule is CCOC(=O)N(C)CCOc1ccc(Cl)cc1. The molecule has 0 unspecified atom stereocenters. The van der Waals surface area contributed by atoms with Crippen LogP contribution >= 0.6 is 11.6 Å². The highest BCUT2D eigenvalue weighted by Crippen LogP contribution is 2.15. The first-order valence-electron chi connectivity index (χ1n) is 5.39. The van der Waals surface area contributed by atoms with Crippen molar-refractivity contribution < 1.29 is 14.3 Å². The van der Waals surface area contributed by atoms with Gasteiger partial charge in [0.2, 0.25) is 0 Å². The van der Waals surface area contributed by atoms with Crippen molar-refractivity contribution >= 4 is 17.7 Å². The number of nitrogens with zero attached hydrogens (tertiary/aromatic N) is 1. The molecule has 0 saturated heterocycles. The number of hydrogen-bond donors (Lipinski definition) is 0. The third-order valence-corrected chi connectivity index (χ3v) is 2.34. The maximum absolute atomic E-state index is 11.3. The number of rotatable bonds is 5. The molecule has 0 bridgehead atoms. The molecule has 5 heteroatoms. The van der Waals surface area contributed by atoms with Crippen molar-refractivity contribution in [1.82, 2.24) is 4.90 Å². The minimum atomic E-state index is -0.341. The van der Waals surface area contributed by atoms with Gasteiger partial charge in [0.1, 0.15) is 12.4 Å². The number of ether oxygens (including phenoxy) is 2. The van der Waals surface area contributed by atoms with Crippen molar-refractivity contribution in [2.75, 3.05) is 26.8 Å². The lowest BCUT2D eigenvalue weighted by atomic mass is 10.3. The third-order valence-electron chi connectivity index (χ3n) is 2.09. The molecule has 0 aliphatic heterocycles. The highest BCUT2D eigenvalue weighted by atomic mass is 35.5. The van der Waals surface area contributed by atoms with Crippen molar-refractivity contribution in [3.05, 3.63) is 29.3 Å². The van der Waals surface area contributed by atoms with E-state index in [0.29, 0.717) is 24.8 Å². The Labute approximate surface area is 106 Å². The fraction of sp³-hybridized carbons (Fsp3) is 0.417. The van der Waals surface area contributed by atoms with Gasteiger partial charge in [-0.05, 0) is 31.2 Å². The normalized spacial score (nSPS) is 9.82. The maximum Gasteiger partial charge on any atom is 0.409 e. The van der Waals surface area contributed by atoms with Crippen LogP contribution in [0.15, 0.2) is 24.3 Å². The summed E-state index contributed by atoms with van der Waals surface area (Å²) in [6.45, 7) is 3.04. The summed E-state index contributed by atoms with van der Waals surface area (Å²) in [6.07, 6.45) is -0.341. The van der Waals surface area contributed by atoms with E-state index in [4.69, 9.17) is 21.1 Å². The second kappa shape index (κ2) is 7.01. The lowest BCUT2D eigenvalue weighted by molar-refractivity contribution is 0.110. The second-order valence-electron chi connectivity index (χ2n) is 3.42. The number of benzene rings is 1. The number of amides is 1. The second-order valence-corrected chi connectivity index (χ2v) is 3.86. The summed E-state index contributed by atoms with van der Waals surface area (Å²) >= 11 is 5.75. The summed E-state index contributed by atoms with van der Waals surface area (Å²) in [5.74, 6) is 0.728. The lowest BCUT2D eigenvalue weighted by Gasteiger charge is -2.16. The molecule has 0 aliphatic rings. The minimum Gasteiger partial charge on any atom is -0.492 e. The third kappa shape index (κ3) is 4.95. The maximum atomic E-state index is 11.3. The molecule has 1 amide bonds. The van der Waals surface area contributed by atoms with Gasteiger partial charge >= 0.3 is 6.09 Å². The Hall–Kier alpha value is -1.42. The summed E-state index contributed by atoms with van der Waals surface area (Å²) in [5.41, 5.74) is 0. The van der Waals surface area contributed by atoms with Crippen LogP contribution in [0.2, 0.25) is 5.02 Å². The summed E-state index contributed by atoms with van der Waals surface area (Å²) in [7, 11) is 1.67. The van der Waals surface area contributed by atoms with E-state index >= 15 is 0 Å². The molecular weight excluding hydrogens is 242 g/mol. The van der Waals surface area contributed by atoms with Crippen LogP contribution in [-0.4, -0.2) is 37.8 Å². The number of carbonyl (C=O) groups excluding carboxylic acids is 1. The van der Waals surface area contributed by atoms with Crippen molar-refractivity contribution in [3.63, 3.8) is 0 Å². The van der Waals surface area contributed by atoms with Crippen molar-refractivity contribution in [1.29, 1.82) is 0 Å². The molecule has 0 heterocycles. The molecule has 4 nitrogen and oxygen atoms in total. The van der Waals surface area contributed by atoms with Crippen LogP contribution < -0.4 is 4.74 Å². The highest BCUT2D eigenvalue weighted by molar-refractivity contribution is 6.30. The van der Waals surface area contributed by atoms with Gasteiger partial charge in [-0.25, -0.2) is 4.79 Å². The summed E-state index contributed by atoms with van der Waals surface area (Å²) < 4.78 is 10.3. The summed E-state index contributed by atoms with van der Waals surface area (Å²) in [6, 6.07) is 7.08. The fourth-order valence-electron chi connectivity index (χ4n) is 1.16. The number of carbonyl (C=O) groups is 1. The molecule has 0 spiro atoms. The Morgan fingerprint density at radius 3 is 2.59 bits per heavy atom. The smallest absolute Gasteiger partial charge is 0.409 e. The van der Waals surface area contributed by atoms with E-state index in [1.807, 2.05) is 0 Å². The van der Waals surface area contributed by atoms with Crippen LogP contribution in [-0.2, 0) is 4.74 Å². The first-order valence-corrected chi connectivity index (χ1v) is 5.77. The van der Waals surface area contributed by atoms with Crippen molar-refractivity contribution in [3.8, 4) is 5.75 Å². The van der Waals surface area contributed by atoms with Crippen LogP contribution in [0.3, 0.4) is 0 Å². The molecule has 17 heavy (non-hydrogen) atoms. The van der Waals surface area contributed by atoms with Gasteiger partial charge in [-0.2, -0.15) is 0 Å². The molecule has 0 fully saturated rings. The first-order chi connectivity index (χ1) is 8.13. The van der Waals surface area contributed by atoms with E-state index in [-0.39, 0.29) is 6.09 Å². The highest BCUT2D eigenvalue weighted by Gasteiger charge is 2.08. The first kappa shape index (κ1) is 13.6. The number of hydrogen-bond acceptors (Lipinski definition) is 3. The Bertz CT molecular complexity index is 353.